The van der Waals surface area contributed by atoms with E-state index in [1.54, 1.807) is 6.92 Å². The maximum absolute atomic E-state index is 12.3. The van der Waals surface area contributed by atoms with E-state index in [2.05, 4.69) is 5.32 Å². The number of aliphatic hydroxyl groups excluding tert-OH is 1. The van der Waals surface area contributed by atoms with E-state index in [0.29, 0.717) is 6.54 Å². The van der Waals surface area contributed by atoms with Crippen LogP contribution in [0.3, 0.4) is 0 Å². The molecular weight excluding hydrogens is 252 g/mol. The van der Waals surface area contributed by atoms with Gasteiger partial charge in [-0.1, -0.05) is 30.3 Å². The molecule has 1 aliphatic heterocycles. The molecule has 4 nitrogen and oxygen atoms in total. The zero-order chi connectivity index (χ0) is 14.5. The maximum atomic E-state index is 12.3. The number of hydrogen-bond donors (Lipinski definition) is 2. The number of benzene rings is 1. The first kappa shape index (κ1) is 14.9. The van der Waals surface area contributed by atoms with Gasteiger partial charge in [0.25, 0.3) is 0 Å². The molecular formula is C16H24N2O2. The fraction of sp³-hybridized carbons (Fsp3) is 0.562. The molecule has 0 radical (unpaired) electrons. The summed E-state index contributed by atoms with van der Waals surface area (Å²) in [7, 11) is 0. The van der Waals surface area contributed by atoms with E-state index in [1.165, 1.54) is 0 Å². The highest BCUT2D eigenvalue weighted by atomic mass is 16.3. The SMILES string of the molecule is CC(NC(=O)N1CCCC(C(C)O)C1)c1ccccc1. The lowest BCUT2D eigenvalue weighted by Gasteiger charge is -2.34. The van der Waals surface area contributed by atoms with Crippen molar-refractivity contribution in [2.45, 2.75) is 38.8 Å². The van der Waals surface area contributed by atoms with Crippen LogP contribution in [0.25, 0.3) is 0 Å². The first-order valence-corrected chi connectivity index (χ1v) is 7.36. The topological polar surface area (TPSA) is 52.6 Å². The monoisotopic (exact) mass is 276 g/mol. The van der Waals surface area contributed by atoms with Crippen molar-refractivity contribution in [2.75, 3.05) is 13.1 Å². The number of aliphatic hydroxyl groups is 1. The molecule has 1 heterocycles. The number of rotatable bonds is 3. The van der Waals surface area contributed by atoms with Crippen molar-refractivity contribution in [1.82, 2.24) is 10.2 Å². The van der Waals surface area contributed by atoms with E-state index in [1.807, 2.05) is 42.2 Å². The molecule has 2 rings (SSSR count). The van der Waals surface area contributed by atoms with Crippen molar-refractivity contribution in [3.05, 3.63) is 35.9 Å². The van der Waals surface area contributed by atoms with Gasteiger partial charge >= 0.3 is 6.03 Å². The van der Waals surface area contributed by atoms with E-state index < -0.39 is 0 Å². The molecule has 1 aliphatic rings. The Labute approximate surface area is 120 Å². The molecule has 1 fully saturated rings. The van der Waals surface area contributed by atoms with Crippen LogP contribution in [0, 0.1) is 5.92 Å². The summed E-state index contributed by atoms with van der Waals surface area (Å²) in [5, 5.41) is 12.7. The van der Waals surface area contributed by atoms with Crippen LogP contribution >= 0.6 is 0 Å². The molecule has 20 heavy (non-hydrogen) atoms. The number of carbonyl (C=O) groups excluding carboxylic acids is 1. The standard InChI is InChI=1S/C16H24N2O2/c1-12(14-7-4-3-5-8-14)17-16(20)18-10-6-9-15(11-18)13(2)19/h3-5,7-8,12-13,15,19H,6,9-11H2,1-2H3,(H,17,20). The number of hydrogen-bond acceptors (Lipinski definition) is 2. The highest BCUT2D eigenvalue weighted by Gasteiger charge is 2.27. The largest absolute Gasteiger partial charge is 0.393 e. The van der Waals surface area contributed by atoms with E-state index in [4.69, 9.17) is 0 Å². The van der Waals surface area contributed by atoms with Crippen LogP contribution in [0.2, 0.25) is 0 Å². The number of nitrogens with zero attached hydrogens (tertiary/aromatic N) is 1. The summed E-state index contributed by atoms with van der Waals surface area (Å²) in [6.45, 7) is 5.21. The first-order chi connectivity index (χ1) is 9.58. The molecule has 2 amide bonds. The maximum Gasteiger partial charge on any atom is 0.317 e. The molecule has 0 saturated carbocycles. The first-order valence-electron chi connectivity index (χ1n) is 7.36. The lowest BCUT2D eigenvalue weighted by atomic mass is 9.94. The van der Waals surface area contributed by atoms with Gasteiger partial charge in [0.2, 0.25) is 0 Å². The van der Waals surface area contributed by atoms with Gasteiger partial charge in [0.1, 0.15) is 0 Å². The number of likely N-dealkylation sites (tertiary alicyclic amines) is 1. The second kappa shape index (κ2) is 6.75. The predicted octanol–water partition coefficient (Wildman–Crippen LogP) is 2.55. The average molecular weight is 276 g/mol. The van der Waals surface area contributed by atoms with Crippen LogP contribution in [-0.4, -0.2) is 35.2 Å². The van der Waals surface area contributed by atoms with Crippen molar-refractivity contribution in [3.8, 4) is 0 Å². The molecule has 1 aromatic carbocycles. The van der Waals surface area contributed by atoms with Crippen molar-refractivity contribution < 1.29 is 9.90 Å². The van der Waals surface area contributed by atoms with Gasteiger partial charge in [-0.05, 0) is 32.3 Å². The molecule has 1 aromatic rings. The molecule has 0 aromatic heterocycles. The summed E-state index contributed by atoms with van der Waals surface area (Å²) < 4.78 is 0. The van der Waals surface area contributed by atoms with Crippen molar-refractivity contribution in [3.63, 3.8) is 0 Å². The van der Waals surface area contributed by atoms with Crippen LogP contribution in [0.5, 0.6) is 0 Å². The summed E-state index contributed by atoms with van der Waals surface area (Å²) in [5.41, 5.74) is 1.10. The third kappa shape index (κ3) is 3.73. The molecule has 0 aliphatic carbocycles. The van der Waals surface area contributed by atoms with Crippen LogP contribution < -0.4 is 5.32 Å². The smallest absolute Gasteiger partial charge is 0.317 e. The van der Waals surface area contributed by atoms with Gasteiger partial charge in [-0.15, -0.1) is 0 Å². The fourth-order valence-electron chi connectivity index (χ4n) is 2.69. The van der Waals surface area contributed by atoms with Gasteiger partial charge in [-0.25, -0.2) is 4.79 Å². The molecule has 0 bridgehead atoms. The van der Waals surface area contributed by atoms with Gasteiger partial charge in [0.05, 0.1) is 12.1 Å². The summed E-state index contributed by atoms with van der Waals surface area (Å²) in [6.07, 6.45) is 1.61. The van der Waals surface area contributed by atoms with Gasteiger partial charge in [0, 0.05) is 19.0 Å². The molecule has 3 unspecified atom stereocenters. The fourth-order valence-corrected chi connectivity index (χ4v) is 2.69. The minimum absolute atomic E-state index is 0.00405. The van der Waals surface area contributed by atoms with Gasteiger partial charge < -0.3 is 15.3 Å². The van der Waals surface area contributed by atoms with Crippen LogP contribution in [0.15, 0.2) is 30.3 Å². The van der Waals surface area contributed by atoms with Crippen molar-refractivity contribution >= 4 is 6.03 Å². The highest BCUT2D eigenvalue weighted by molar-refractivity contribution is 5.74. The van der Waals surface area contributed by atoms with Crippen molar-refractivity contribution in [1.29, 1.82) is 0 Å². The second-order valence-corrected chi connectivity index (χ2v) is 5.67. The summed E-state index contributed by atoms with van der Waals surface area (Å²) in [4.78, 5) is 14.1. The van der Waals surface area contributed by atoms with Crippen LogP contribution in [-0.2, 0) is 0 Å². The predicted molar refractivity (Wildman–Crippen MR) is 79.4 cm³/mol. The van der Waals surface area contributed by atoms with Crippen LogP contribution in [0.1, 0.15) is 38.3 Å². The molecule has 2 N–H and O–H groups in total. The normalized spacial score (nSPS) is 22.1. The Bertz CT molecular complexity index is 433. The summed E-state index contributed by atoms with van der Waals surface area (Å²) in [6, 6.07) is 9.91. The Morgan fingerprint density at radius 3 is 2.70 bits per heavy atom. The average Bonchev–Trinajstić information content (AvgIpc) is 2.48. The molecule has 3 atom stereocenters. The lowest BCUT2D eigenvalue weighted by molar-refractivity contribution is 0.0734. The third-order valence-corrected chi connectivity index (χ3v) is 4.07. The molecule has 1 saturated heterocycles. The molecule has 4 heteroatoms. The zero-order valence-corrected chi connectivity index (χ0v) is 12.2. The van der Waals surface area contributed by atoms with Gasteiger partial charge in [-0.3, -0.25) is 0 Å². The van der Waals surface area contributed by atoms with E-state index in [0.717, 1.165) is 24.9 Å². The lowest BCUT2D eigenvalue weighted by Crippen LogP contribution is -2.47. The number of urea groups is 1. The zero-order valence-electron chi connectivity index (χ0n) is 12.2. The summed E-state index contributed by atoms with van der Waals surface area (Å²) >= 11 is 0. The van der Waals surface area contributed by atoms with E-state index in [-0.39, 0.29) is 24.1 Å². The number of piperidine rings is 1. The molecule has 110 valence electrons. The third-order valence-electron chi connectivity index (χ3n) is 4.07. The Morgan fingerprint density at radius 2 is 2.05 bits per heavy atom. The number of amides is 2. The van der Waals surface area contributed by atoms with Gasteiger partial charge in [0.15, 0.2) is 0 Å². The van der Waals surface area contributed by atoms with Crippen LogP contribution in [0.4, 0.5) is 4.79 Å². The number of carbonyl (C=O) groups is 1. The van der Waals surface area contributed by atoms with Crippen molar-refractivity contribution in [2.24, 2.45) is 5.92 Å². The van der Waals surface area contributed by atoms with Gasteiger partial charge in [-0.2, -0.15) is 0 Å². The molecule has 0 spiro atoms. The quantitative estimate of drug-likeness (QED) is 0.891. The number of nitrogens with one attached hydrogen (secondary N) is 1. The Morgan fingerprint density at radius 1 is 1.35 bits per heavy atom. The minimum Gasteiger partial charge on any atom is -0.393 e. The Balaban J connectivity index is 1.91. The van der Waals surface area contributed by atoms with E-state index in [9.17, 15) is 9.90 Å². The Hall–Kier alpha value is -1.55. The summed E-state index contributed by atoms with van der Waals surface area (Å²) in [5.74, 6) is 0.196. The minimum atomic E-state index is -0.350. The van der Waals surface area contributed by atoms with E-state index >= 15 is 0 Å². The highest BCUT2D eigenvalue weighted by Crippen LogP contribution is 2.20. The Kier molecular flexibility index (Phi) is 5.01. The second-order valence-electron chi connectivity index (χ2n) is 5.67.